The lowest BCUT2D eigenvalue weighted by Gasteiger charge is -2.31. The zero-order valence-corrected chi connectivity index (χ0v) is 12.7. The Balaban J connectivity index is 1.84. The summed E-state index contributed by atoms with van der Waals surface area (Å²) in [5.74, 6) is 0.760. The number of thiophene rings is 1. The fourth-order valence-electron chi connectivity index (χ4n) is 3.25. The lowest BCUT2D eigenvalue weighted by Crippen LogP contribution is -2.30. The Bertz CT molecular complexity index is 775. The van der Waals surface area contributed by atoms with Crippen molar-refractivity contribution in [3.63, 3.8) is 0 Å². The number of hydrogen-bond acceptors (Lipinski definition) is 3. The van der Waals surface area contributed by atoms with Crippen LogP contribution < -0.4 is 0 Å². The predicted octanol–water partition coefficient (Wildman–Crippen LogP) is 4.18. The van der Waals surface area contributed by atoms with Gasteiger partial charge in [0.15, 0.2) is 0 Å². The van der Waals surface area contributed by atoms with Gasteiger partial charge in [0.25, 0.3) is 0 Å². The molecular weight excluding hydrogens is 278 g/mol. The number of phenolic OH excluding ortho intramolecular Hbond substituents is 1. The molecule has 0 saturated carbocycles. The summed E-state index contributed by atoms with van der Waals surface area (Å²) in [6.07, 6.45) is 0. The maximum absolute atomic E-state index is 9.73. The summed E-state index contributed by atoms with van der Waals surface area (Å²) in [5.41, 5.74) is 2.60. The Morgan fingerprint density at radius 3 is 2.86 bits per heavy atom. The summed E-state index contributed by atoms with van der Waals surface area (Å²) in [7, 11) is 2.15. The van der Waals surface area contributed by atoms with Crippen LogP contribution in [0.25, 0.3) is 10.1 Å². The van der Waals surface area contributed by atoms with Crippen LogP contribution in [0.15, 0.2) is 48.5 Å². The third-order valence-electron chi connectivity index (χ3n) is 4.22. The summed E-state index contributed by atoms with van der Waals surface area (Å²) < 4.78 is 1.35. The van der Waals surface area contributed by atoms with Gasteiger partial charge in [0, 0.05) is 28.6 Å². The van der Waals surface area contributed by atoms with E-state index in [2.05, 4.69) is 48.3 Å². The van der Waals surface area contributed by atoms with Crippen molar-refractivity contribution in [1.29, 1.82) is 0 Å². The highest BCUT2D eigenvalue weighted by Gasteiger charge is 2.26. The number of fused-ring (bicyclic) bond motifs is 2. The van der Waals surface area contributed by atoms with Crippen molar-refractivity contribution in [2.75, 3.05) is 13.6 Å². The molecule has 0 radical (unpaired) electrons. The molecule has 2 nitrogen and oxygen atoms in total. The first-order valence-corrected chi connectivity index (χ1v) is 8.01. The molecular formula is C18H17NOS. The van der Waals surface area contributed by atoms with Crippen LogP contribution in [-0.4, -0.2) is 23.6 Å². The summed E-state index contributed by atoms with van der Waals surface area (Å²) in [4.78, 5) is 3.74. The molecule has 21 heavy (non-hydrogen) atoms. The van der Waals surface area contributed by atoms with Crippen LogP contribution in [0.3, 0.4) is 0 Å². The molecule has 106 valence electrons. The highest BCUT2D eigenvalue weighted by Crippen LogP contribution is 2.39. The lowest BCUT2D eigenvalue weighted by atomic mass is 9.88. The van der Waals surface area contributed by atoms with E-state index in [1.165, 1.54) is 26.1 Å². The topological polar surface area (TPSA) is 23.5 Å². The minimum absolute atomic E-state index is 0.360. The SMILES string of the molecule is CN1Cc2cc(O)ccc2C(c2cc3ccccc3s2)C1. The van der Waals surface area contributed by atoms with Gasteiger partial charge in [-0.05, 0) is 47.8 Å². The fourth-order valence-corrected chi connectivity index (χ4v) is 4.43. The van der Waals surface area contributed by atoms with Gasteiger partial charge in [-0.3, -0.25) is 0 Å². The van der Waals surface area contributed by atoms with Crippen LogP contribution in [-0.2, 0) is 6.54 Å². The highest BCUT2D eigenvalue weighted by atomic mass is 32.1. The van der Waals surface area contributed by atoms with E-state index in [1.54, 1.807) is 0 Å². The largest absolute Gasteiger partial charge is 0.508 e. The zero-order chi connectivity index (χ0) is 14.4. The van der Waals surface area contributed by atoms with Crippen LogP contribution in [0.5, 0.6) is 5.75 Å². The van der Waals surface area contributed by atoms with Crippen molar-refractivity contribution in [1.82, 2.24) is 4.90 Å². The van der Waals surface area contributed by atoms with Gasteiger partial charge < -0.3 is 10.0 Å². The van der Waals surface area contributed by atoms with Gasteiger partial charge in [-0.2, -0.15) is 0 Å². The van der Waals surface area contributed by atoms with Crippen LogP contribution in [0.1, 0.15) is 21.9 Å². The van der Waals surface area contributed by atoms with Gasteiger partial charge in [-0.15, -0.1) is 11.3 Å². The van der Waals surface area contributed by atoms with Gasteiger partial charge in [-0.1, -0.05) is 24.3 Å². The predicted molar refractivity (Wildman–Crippen MR) is 88.1 cm³/mol. The summed E-state index contributed by atoms with van der Waals surface area (Å²) in [5, 5.41) is 11.1. The molecule has 3 heteroatoms. The molecule has 2 aromatic carbocycles. The molecule has 1 N–H and O–H groups in total. The first-order valence-electron chi connectivity index (χ1n) is 7.19. The highest BCUT2D eigenvalue weighted by molar-refractivity contribution is 7.19. The normalized spacial score (nSPS) is 18.8. The van der Waals surface area contributed by atoms with Gasteiger partial charge in [0.1, 0.15) is 5.75 Å². The molecule has 0 bridgehead atoms. The third kappa shape index (κ3) is 2.23. The molecule has 4 rings (SSSR count). The second kappa shape index (κ2) is 4.86. The van der Waals surface area contributed by atoms with E-state index in [-0.39, 0.29) is 0 Å². The van der Waals surface area contributed by atoms with E-state index >= 15 is 0 Å². The maximum Gasteiger partial charge on any atom is 0.115 e. The fraction of sp³-hybridized carbons (Fsp3) is 0.222. The van der Waals surface area contributed by atoms with Gasteiger partial charge in [0.05, 0.1) is 0 Å². The Labute approximate surface area is 128 Å². The molecule has 0 saturated heterocycles. The molecule has 0 amide bonds. The number of nitrogens with zero attached hydrogens (tertiary/aromatic N) is 1. The van der Waals surface area contributed by atoms with Crippen molar-refractivity contribution in [3.8, 4) is 5.75 Å². The van der Waals surface area contributed by atoms with Crippen molar-refractivity contribution >= 4 is 21.4 Å². The Morgan fingerprint density at radius 1 is 1.14 bits per heavy atom. The van der Waals surface area contributed by atoms with Crippen LogP contribution >= 0.6 is 11.3 Å². The maximum atomic E-state index is 9.73. The van der Waals surface area contributed by atoms with E-state index in [1.807, 2.05) is 23.5 Å². The first-order chi connectivity index (χ1) is 10.2. The monoisotopic (exact) mass is 295 g/mol. The number of aromatic hydroxyl groups is 1. The van der Waals surface area contributed by atoms with Crippen molar-refractivity contribution in [2.45, 2.75) is 12.5 Å². The Hall–Kier alpha value is -1.84. The van der Waals surface area contributed by atoms with Crippen LogP contribution in [0.4, 0.5) is 0 Å². The molecule has 1 aliphatic rings. The van der Waals surface area contributed by atoms with E-state index in [0.717, 1.165) is 13.1 Å². The lowest BCUT2D eigenvalue weighted by molar-refractivity contribution is 0.295. The Morgan fingerprint density at radius 2 is 2.00 bits per heavy atom. The van der Waals surface area contributed by atoms with Crippen molar-refractivity contribution < 1.29 is 5.11 Å². The van der Waals surface area contributed by atoms with Crippen LogP contribution in [0.2, 0.25) is 0 Å². The van der Waals surface area contributed by atoms with Crippen LogP contribution in [0, 0.1) is 0 Å². The van der Waals surface area contributed by atoms with Crippen molar-refractivity contribution in [3.05, 3.63) is 64.5 Å². The minimum atomic E-state index is 0.360. The molecule has 1 aliphatic heterocycles. The average molecular weight is 295 g/mol. The molecule has 1 unspecified atom stereocenters. The molecule has 2 heterocycles. The van der Waals surface area contributed by atoms with Crippen molar-refractivity contribution in [2.24, 2.45) is 0 Å². The summed E-state index contributed by atoms with van der Waals surface area (Å²) in [6, 6.07) is 16.7. The molecule has 1 aromatic heterocycles. The first kappa shape index (κ1) is 12.9. The van der Waals surface area contributed by atoms with Gasteiger partial charge in [0.2, 0.25) is 0 Å². The molecule has 3 aromatic rings. The summed E-state index contributed by atoms with van der Waals surface area (Å²) >= 11 is 1.88. The Kier molecular flexibility index (Phi) is 2.98. The standard InChI is InChI=1S/C18H17NOS/c1-19-10-13-8-14(20)6-7-15(13)16(11-19)18-9-12-4-2-3-5-17(12)21-18/h2-9,16,20H,10-11H2,1H3. The second-order valence-corrected chi connectivity index (χ2v) is 6.93. The summed E-state index contributed by atoms with van der Waals surface area (Å²) in [6.45, 7) is 1.94. The van der Waals surface area contributed by atoms with E-state index in [0.29, 0.717) is 11.7 Å². The average Bonchev–Trinajstić information content (AvgIpc) is 2.89. The molecule has 0 aliphatic carbocycles. The van der Waals surface area contributed by atoms with E-state index < -0.39 is 0 Å². The smallest absolute Gasteiger partial charge is 0.115 e. The number of rotatable bonds is 1. The molecule has 0 fully saturated rings. The molecule has 0 spiro atoms. The quantitative estimate of drug-likeness (QED) is 0.728. The molecule has 1 atom stereocenters. The van der Waals surface area contributed by atoms with Gasteiger partial charge in [-0.25, -0.2) is 0 Å². The van der Waals surface area contributed by atoms with Gasteiger partial charge >= 0.3 is 0 Å². The number of likely N-dealkylation sites (N-methyl/N-ethyl adjacent to an activating group) is 1. The minimum Gasteiger partial charge on any atom is -0.508 e. The van der Waals surface area contributed by atoms with E-state index in [9.17, 15) is 5.11 Å². The third-order valence-corrected chi connectivity index (χ3v) is 5.45. The number of phenols is 1. The second-order valence-electron chi connectivity index (χ2n) is 5.82. The number of hydrogen-bond donors (Lipinski definition) is 1. The number of benzene rings is 2. The van der Waals surface area contributed by atoms with E-state index in [4.69, 9.17) is 0 Å². The zero-order valence-electron chi connectivity index (χ0n) is 11.9.